The molecule has 2 aromatic rings. The van der Waals surface area contributed by atoms with Crippen LogP contribution in [-0.2, 0) is 0 Å². The van der Waals surface area contributed by atoms with Gasteiger partial charge in [0.25, 0.3) is 0 Å². The summed E-state index contributed by atoms with van der Waals surface area (Å²) in [7, 11) is 0. The van der Waals surface area contributed by atoms with Crippen molar-refractivity contribution in [2.24, 2.45) is 5.41 Å². The Morgan fingerprint density at radius 3 is 1.32 bits per heavy atom. The van der Waals surface area contributed by atoms with Crippen LogP contribution in [0, 0.1) is 33.1 Å². The van der Waals surface area contributed by atoms with Gasteiger partial charge in [0.1, 0.15) is 0 Å². The molecule has 0 amide bonds. The van der Waals surface area contributed by atoms with Gasteiger partial charge in [-0.25, -0.2) is 0 Å². The Kier molecular flexibility index (Phi) is 5.80. The topological polar surface area (TPSA) is 0 Å². The van der Waals surface area contributed by atoms with E-state index in [1.807, 2.05) is 0 Å². The van der Waals surface area contributed by atoms with Crippen molar-refractivity contribution in [2.75, 3.05) is 0 Å². The van der Waals surface area contributed by atoms with E-state index in [-0.39, 0.29) is 5.41 Å². The minimum absolute atomic E-state index is 0.121. The monoisotopic (exact) mass is 412 g/mol. The van der Waals surface area contributed by atoms with Crippen LogP contribution in [0.25, 0.3) is 12.2 Å². The molecule has 0 spiro atoms. The molecule has 0 aliphatic heterocycles. The molecular weight excluding hydrogens is 372 g/mol. The summed E-state index contributed by atoms with van der Waals surface area (Å²) in [6.07, 6.45) is 9.91. The van der Waals surface area contributed by atoms with Gasteiger partial charge in [-0.05, 0) is 90.5 Å². The Balaban J connectivity index is 1.93. The molecule has 0 fully saturated rings. The van der Waals surface area contributed by atoms with Crippen LogP contribution < -0.4 is 0 Å². The Labute approximate surface area is 190 Å². The third kappa shape index (κ3) is 3.43. The predicted molar refractivity (Wildman–Crippen MR) is 137 cm³/mol. The molecule has 0 radical (unpaired) electrons. The molecule has 0 nitrogen and oxygen atoms in total. The van der Waals surface area contributed by atoms with E-state index in [1.165, 1.54) is 59.1 Å². The molecule has 2 atom stereocenters. The van der Waals surface area contributed by atoms with Crippen LogP contribution in [0.4, 0.5) is 0 Å². The first-order valence-electron chi connectivity index (χ1n) is 12.3. The van der Waals surface area contributed by atoms with E-state index in [2.05, 4.69) is 91.8 Å². The highest BCUT2D eigenvalue weighted by atomic mass is 14.5. The Morgan fingerprint density at radius 1 is 0.613 bits per heavy atom. The van der Waals surface area contributed by atoms with Crippen molar-refractivity contribution in [2.45, 2.75) is 92.9 Å². The standard InChI is InChI=1S/C31H40/c1-9-11-23-17-25-19(3)13-15-21(5)27(25)29(23)31(7,8)30-24(12-10-2)18-26-20(4)14-16-22(6)28(26)30/h13-18,29-30H,9-12H2,1-8H3. The number of benzene rings is 2. The summed E-state index contributed by atoms with van der Waals surface area (Å²) in [5.41, 5.74) is 15.4. The van der Waals surface area contributed by atoms with Gasteiger partial charge in [-0.3, -0.25) is 0 Å². The fourth-order valence-electron chi connectivity index (χ4n) is 6.64. The van der Waals surface area contributed by atoms with Gasteiger partial charge in [-0.2, -0.15) is 0 Å². The third-order valence-corrected chi connectivity index (χ3v) is 7.99. The number of aryl methyl sites for hydroxylation is 4. The minimum Gasteiger partial charge on any atom is -0.0651 e. The Bertz CT molecular complexity index is 988. The van der Waals surface area contributed by atoms with Gasteiger partial charge in [-0.1, -0.05) is 88.1 Å². The molecule has 0 heteroatoms. The van der Waals surface area contributed by atoms with Gasteiger partial charge in [0, 0.05) is 11.8 Å². The van der Waals surface area contributed by atoms with Crippen molar-refractivity contribution in [3.63, 3.8) is 0 Å². The van der Waals surface area contributed by atoms with Gasteiger partial charge in [0.05, 0.1) is 0 Å². The first kappa shape index (κ1) is 22.1. The fourth-order valence-corrected chi connectivity index (χ4v) is 6.64. The zero-order valence-electron chi connectivity index (χ0n) is 20.9. The summed E-state index contributed by atoms with van der Waals surface area (Å²) >= 11 is 0. The summed E-state index contributed by atoms with van der Waals surface area (Å²) in [4.78, 5) is 0. The first-order valence-corrected chi connectivity index (χ1v) is 12.3. The van der Waals surface area contributed by atoms with Gasteiger partial charge >= 0.3 is 0 Å². The van der Waals surface area contributed by atoms with Crippen LogP contribution in [0.1, 0.15) is 110 Å². The second-order valence-corrected chi connectivity index (χ2v) is 10.7. The number of fused-ring (bicyclic) bond motifs is 2. The van der Waals surface area contributed by atoms with E-state index in [4.69, 9.17) is 0 Å². The van der Waals surface area contributed by atoms with Crippen LogP contribution in [0.2, 0.25) is 0 Å². The molecule has 31 heavy (non-hydrogen) atoms. The summed E-state index contributed by atoms with van der Waals surface area (Å²) in [6, 6.07) is 9.32. The first-order chi connectivity index (χ1) is 14.7. The van der Waals surface area contributed by atoms with Gasteiger partial charge < -0.3 is 0 Å². The Hall–Kier alpha value is -2.08. The normalized spacial score (nSPS) is 19.9. The fraction of sp³-hybridized carbons (Fsp3) is 0.484. The summed E-state index contributed by atoms with van der Waals surface area (Å²) in [6.45, 7) is 19.0. The van der Waals surface area contributed by atoms with Crippen molar-refractivity contribution >= 4 is 12.2 Å². The average Bonchev–Trinajstić information content (AvgIpc) is 3.30. The molecule has 2 aliphatic carbocycles. The average molecular weight is 413 g/mol. The van der Waals surface area contributed by atoms with E-state index < -0.39 is 0 Å². The SMILES string of the molecule is CCCC1=Cc2c(C)ccc(C)c2C1C(C)(C)C1C(CCC)=Cc2c(C)ccc(C)c21. The van der Waals surface area contributed by atoms with Crippen molar-refractivity contribution < 1.29 is 0 Å². The zero-order valence-corrected chi connectivity index (χ0v) is 20.9. The maximum Gasteiger partial charge on any atom is 0.0120 e. The van der Waals surface area contributed by atoms with Crippen LogP contribution >= 0.6 is 0 Å². The van der Waals surface area contributed by atoms with Crippen LogP contribution in [0.5, 0.6) is 0 Å². The third-order valence-electron chi connectivity index (χ3n) is 7.99. The maximum atomic E-state index is 2.56. The molecule has 0 saturated heterocycles. The van der Waals surface area contributed by atoms with Crippen molar-refractivity contribution in [1.82, 2.24) is 0 Å². The summed E-state index contributed by atoms with van der Waals surface area (Å²) in [5.74, 6) is 0.969. The van der Waals surface area contributed by atoms with E-state index >= 15 is 0 Å². The van der Waals surface area contributed by atoms with E-state index in [9.17, 15) is 0 Å². The number of allylic oxidation sites excluding steroid dienone is 2. The molecule has 0 saturated carbocycles. The van der Waals surface area contributed by atoms with Crippen LogP contribution in [0.15, 0.2) is 35.4 Å². The lowest BCUT2D eigenvalue weighted by Gasteiger charge is -2.43. The van der Waals surface area contributed by atoms with Crippen LogP contribution in [-0.4, -0.2) is 0 Å². The van der Waals surface area contributed by atoms with Gasteiger partial charge in [-0.15, -0.1) is 0 Å². The molecule has 164 valence electrons. The predicted octanol–water partition coefficient (Wildman–Crippen LogP) is 9.21. The second-order valence-electron chi connectivity index (χ2n) is 10.7. The molecular formula is C31H40. The zero-order chi connectivity index (χ0) is 22.5. The molecule has 2 aliphatic rings. The second kappa shape index (κ2) is 8.12. The highest BCUT2D eigenvalue weighted by Crippen LogP contribution is 2.61. The minimum atomic E-state index is 0.121. The van der Waals surface area contributed by atoms with E-state index in [1.54, 1.807) is 22.3 Å². The van der Waals surface area contributed by atoms with Crippen LogP contribution in [0.3, 0.4) is 0 Å². The molecule has 0 N–H and O–H groups in total. The number of hydrogen-bond acceptors (Lipinski definition) is 0. The van der Waals surface area contributed by atoms with Crippen molar-refractivity contribution in [3.05, 3.63) is 79.9 Å². The Morgan fingerprint density at radius 2 is 0.968 bits per heavy atom. The molecule has 2 unspecified atom stereocenters. The lowest BCUT2D eigenvalue weighted by atomic mass is 9.60. The lowest BCUT2D eigenvalue weighted by molar-refractivity contribution is 0.266. The van der Waals surface area contributed by atoms with Gasteiger partial charge in [0.15, 0.2) is 0 Å². The van der Waals surface area contributed by atoms with Crippen molar-refractivity contribution in [3.8, 4) is 0 Å². The van der Waals surface area contributed by atoms with Gasteiger partial charge in [0.2, 0.25) is 0 Å². The highest BCUT2D eigenvalue weighted by molar-refractivity contribution is 5.75. The van der Waals surface area contributed by atoms with E-state index in [0.717, 1.165) is 0 Å². The highest BCUT2D eigenvalue weighted by Gasteiger charge is 2.47. The number of hydrogen-bond donors (Lipinski definition) is 0. The molecule has 0 heterocycles. The lowest BCUT2D eigenvalue weighted by Crippen LogP contribution is -2.31. The number of rotatable bonds is 6. The maximum absolute atomic E-state index is 2.56. The smallest absolute Gasteiger partial charge is 0.0120 e. The summed E-state index contributed by atoms with van der Waals surface area (Å²) < 4.78 is 0. The molecule has 0 aromatic heterocycles. The molecule has 2 aromatic carbocycles. The largest absolute Gasteiger partial charge is 0.0651 e. The van der Waals surface area contributed by atoms with E-state index in [0.29, 0.717) is 11.8 Å². The molecule has 0 bridgehead atoms. The quantitative estimate of drug-likeness (QED) is 0.443. The van der Waals surface area contributed by atoms with Crippen molar-refractivity contribution in [1.29, 1.82) is 0 Å². The summed E-state index contributed by atoms with van der Waals surface area (Å²) in [5, 5.41) is 0. The molecule has 4 rings (SSSR count).